The van der Waals surface area contributed by atoms with Gasteiger partial charge in [-0.1, -0.05) is 13.8 Å². The SMILES string of the molecule is CC(C)C(C)(C)S(=O)(=O)N1CC(F)(F)C1. The molecule has 0 unspecified atom stereocenters. The highest BCUT2D eigenvalue weighted by Crippen LogP contribution is 2.36. The molecule has 0 aliphatic carbocycles. The van der Waals surface area contributed by atoms with Crippen LogP contribution in [0.2, 0.25) is 0 Å². The van der Waals surface area contributed by atoms with Crippen molar-refractivity contribution in [3.05, 3.63) is 0 Å². The van der Waals surface area contributed by atoms with Gasteiger partial charge in [-0.2, -0.15) is 4.31 Å². The molecule has 3 nitrogen and oxygen atoms in total. The van der Waals surface area contributed by atoms with Crippen LogP contribution < -0.4 is 0 Å². The zero-order chi connectivity index (χ0) is 12.1. The van der Waals surface area contributed by atoms with Gasteiger partial charge in [0.25, 0.3) is 5.92 Å². The molecule has 1 heterocycles. The minimum atomic E-state index is -3.62. The monoisotopic (exact) mass is 241 g/mol. The van der Waals surface area contributed by atoms with Gasteiger partial charge in [0.05, 0.1) is 17.8 Å². The van der Waals surface area contributed by atoms with E-state index in [-0.39, 0.29) is 5.92 Å². The average Bonchev–Trinajstić information content (AvgIpc) is 1.99. The molecule has 6 heteroatoms. The van der Waals surface area contributed by atoms with E-state index in [4.69, 9.17) is 0 Å². The molecule has 90 valence electrons. The molecule has 1 rings (SSSR count). The first-order chi connectivity index (χ1) is 6.51. The number of hydrogen-bond donors (Lipinski definition) is 0. The van der Waals surface area contributed by atoms with Crippen LogP contribution in [0.1, 0.15) is 27.7 Å². The second kappa shape index (κ2) is 3.38. The standard InChI is InChI=1S/C9H17F2NO2S/c1-7(2)8(3,4)15(13,14)12-5-9(10,11)6-12/h7H,5-6H2,1-4H3. The van der Waals surface area contributed by atoms with E-state index in [1.165, 1.54) is 0 Å². The van der Waals surface area contributed by atoms with Crippen LogP contribution in [-0.2, 0) is 10.0 Å². The van der Waals surface area contributed by atoms with E-state index in [1.54, 1.807) is 27.7 Å². The molecule has 0 spiro atoms. The fourth-order valence-corrected chi connectivity index (χ4v) is 3.25. The van der Waals surface area contributed by atoms with E-state index in [1.807, 2.05) is 0 Å². The third-order valence-electron chi connectivity index (χ3n) is 3.21. The molecule has 0 amide bonds. The van der Waals surface area contributed by atoms with Gasteiger partial charge in [0, 0.05) is 0 Å². The Balaban J connectivity index is 2.87. The van der Waals surface area contributed by atoms with Crippen molar-refractivity contribution >= 4 is 10.0 Å². The first-order valence-corrected chi connectivity index (χ1v) is 6.32. The highest BCUT2D eigenvalue weighted by molar-refractivity contribution is 7.90. The largest absolute Gasteiger partial charge is 0.275 e. The Morgan fingerprint density at radius 2 is 1.67 bits per heavy atom. The molecular weight excluding hydrogens is 224 g/mol. The Bertz CT molecular complexity index is 341. The highest BCUT2D eigenvalue weighted by Gasteiger charge is 2.54. The zero-order valence-electron chi connectivity index (χ0n) is 9.42. The third-order valence-corrected chi connectivity index (χ3v) is 5.95. The van der Waals surface area contributed by atoms with Gasteiger partial charge < -0.3 is 0 Å². The quantitative estimate of drug-likeness (QED) is 0.754. The van der Waals surface area contributed by atoms with Crippen LogP contribution in [-0.4, -0.2) is 36.5 Å². The molecule has 0 aromatic heterocycles. The van der Waals surface area contributed by atoms with Crippen LogP contribution in [0.15, 0.2) is 0 Å². The topological polar surface area (TPSA) is 37.4 Å². The fourth-order valence-electron chi connectivity index (χ4n) is 1.27. The lowest BCUT2D eigenvalue weighted by Gasteiger charge is -2.43. The molecule has 0 bridgehead atoms. The Morgan fingerprint density at radius 1 is 1.27 bits per heavy atom. The lowest BCUT2D eigenvalue weighted by molar-refractivity contribution is -0.0954. The van der Waals surface area contributed by atoms with Crippen LogP contribution in [0, 0.1) is 5.92 Å². The lowest BCUT2D eigenvalue weighted by atomic mass is 10.00. The predicted molar refractivity (Wildman–Crippen MR) is 54.4 cm³/mol. The summed E-state index contributed by atoms with van der Waals surface area (Å²) in [4.78, 5) is 0. The second-order valence-electron chi connectivity index (χ2n) is 4.89. The van der Waals surface area contributed by atoms with Gasteiger partial charge in [0.1, 0.15) is 0 Å². The van der Waals surface area contributed by atoms with Crippen molar-refractivity contribution in [3.8, 4) is 0 Å². The Morgan fingerprint density at radius 3 is 1.93 bits per heavy atom. The summed E-state index contributed by atoms with van der Waals surface area (Å²) in [6.45, 7) is 5.34. The normalized spacial score (nSPS) is 22.9. The van der Waals surface area contributed by atoms with E-state index >= 15 is 0 Å². The van der Waals surface area contributed by atoms with Crippen LogP contribution in [0.25, 0.3) is 0 Å². The number of nitrogens with zero attached hydrogens (tertiary/aromatic N) is 1. The maximum Gasteiger partial charge on any atom is 0.275 e. The molecule has 1 aliphatic heterocycles. The Hall–Kier alpha value is -0.230. The Labute approximate surface area is 89.5 Å². The van der Waals surface area contributed by atoms with Gasteiger partial charge in [-0.15, -0.1) is 0 Å². The van der Waals surface area contributed by atoms with Crippen LogP contribution in [0.5, 0.6) is 0 Å². The third kappa shape index (κ3) is 2.01. The maximum absolute atomic E-state index is 12.6. The summed E-state index contributed by atoms with van der Waals surface area (Å²) in [6, 6.07) is 0. The van der Waals surface area contributed by atoms with E-state index in [0.29, 0.717) is 0 Å². The second-order valence-corrected chi connectivity index (χ2v) is 7.41. The van der Waals surface area contributed by atoms with E-state index in [9.17, 15) is 17.2 Å². The molecule has 0 N–H and O–H groups in total. The highest BCUT2D eigenvalue weighted by atomic mass is 32.2. The molecule has 0 saturated carbocycles. The van der Waals surface area contributed by atoms with E-state index < -0.39 is 33.8 Å². The summed E-state index contributed by atoms with van der Waals surface area (Å²) >= 11 is 0. The molecule has 0 aromatic carbocycles. The van der Waals surface area contributed by atoms with Crippen molar-refractivity contribution in [2.45, 2.75) is 38.4 Å². The summed E-state index contributed by atoms with van der Waals surface area (Å²) in [7, 11) is -3.62. The number of sulfonamides is 1. The predicted octanol–water partition coefficient (Wildman–Crippen LogP) is 1.70. The summed E-state index contributed by atoms with van der Waals surface area (Å²) in [5.41, 5.74) is 0. The molecule has 1 aliphatic rings. The molecule has 0 atom stereocenters. The van der Waals surface area contributed by atoms with E-state index in [2.05, 4.69) is 0 Å². The summed E-state index contributed by atoms with van der Waals surface area (Å²) in [6.07, 6.45) is 0. The van der Waals surface area contributed by atoms with Crippen molar-refractivity contribution in [1.29, 1.82) is 0 Å². The Kier molecular flexibility index (Phi) is 2.89. The van der Waals surface area contributed by atoms with Gasteiger partial charge in [-0.05, 0) is 19.8 Å². The van der Waals surface area contributed by atoms with E-state index in [0.717, 1.165) is 4.31 Å². The number of hydrogen-bond acceptors (Lipinski definition) is 2. The molecule has 1 saturated heterocycles. The molecular formula is C9H17F2NO2S. The first kappa shape index (κ1) is 12.8. The number of alkyl halides is 2. The average molecular weight is 241 g/mol. The van der Waals surface area contributed by atoms with Crippen molar-refractivity contribution in [2.75, 3.05) is 13.1 Å². The van der Waals surface area contributed by atoms with Gasteiger partial charge in [-0.25, -0.2) is 17.2 Å². The molecule has 0 aromatic rings. The summed E-state index contributed by atoms with van der Waals surface area (Å²) < 4.78 is 49.0. The summed E-state index contributed by atoms with van der Waals surface area (Å²) in [5.74, 6) is -2.96. The van der Waals surface area contributed by atoms with Crippen LogP contribution in [0.3, 0.4) is 0 Å². The van der Waals surface area contributed by atoms with Crippen molar-refractivity contribution in [1.82, 2.24) is 4.31 Å². The zero-order valence-corrected chi connectivity index (χ0v) is 10.2. The van der Waals surface area contributed by atoms with Gasteiger partial charge >= 0.3 is 0 Å². The maximum atomic E-state index is 12.6. The van der Waals surface area contributed by atoms with Gasteiger partial charge in [-0.3, -0.25) is 0 Å². The van der Waals surface area contributed by atoms with Crippen molar-refractivity contribution in [3.63, 3.8) is 0 Å². The minimum absolute atomic E-state index is 0.114. The van der Waals surface area contributed by atoms with Crippen LogP contribution >= 0.6 is 0 Å². The summed E-state index contributed by atoms with van der Waals surface area (Å²) in [5, 5.41) is 0. The number of rotatable bonds is 3. The first-order valence-electron chi connectivity index (χ1n) is 4.88. The minimum Gasteiger partial charge on any atom is -0.212 e. The molecule has 0 radical (unpaired) electrons. The number of halogens is 2. The van der Waals surface area contributed by atoms with Crippen molar-refractivity contribution in [2.24, 2.45) is 5.92 Å². The lowest BCUT2D eigenvalue weighted by Crippen LogP contribution is -2.62. The fraction of sp³-hybridized carbons (Fsp3) is 1.00. The molecule has 15 heavy (non-hydrogen) atoms. The van der Waals surface area contributed by atoms with Gasteiger partial charge in [0.2, 0.25) is 10.0 Å². The molecule has 1 fully saturated rings. The van der Waals surface area contributed by atoms with Crippen molar-refractivity contribution < 1.29 is 17.2 Å². The van der Waals surface area contributed by atoms with Gasteiger partial charge in [0.15, 0.2) is 0 Å². The smallest absolute Gasteiger partial charge is 0.212 e. The van der Waals surface area contributed by atoms with Crippen LogP contribution in [0.4, 0.5) is 8.78 Å².